The molecule has 0 spiro atoms. The molecule has 0 saturated heterocycles. The van der Waals surface area contributed by atoms with Crippen LogP contribution in [0.2, 0.25) is 0 Å². The summed E-state index contributed by atoms with van der Waals surface area (Å²) in [5.74, 6) is 3.34. The Labute approximate surface area is 145 Å². The molecule has 126 valence electrons. The second kappa shape index (κ2) is 7.17. The molecule has 0 atom stereocenters. The van der Waals surface area contributed by atoms with Crippen LogP contribution in [0.3, 0.4) is 0 Å². The molecule has 0 aliphatic carbocycles. The minimum Gasteiger partial charge on any atom is -0.338 e. The molecule has 0 N–H and O–H groups in total. The summed E-state index contributed by atoms with van der Waals surface area (Å²) in [5.41, 5.74) is 2.27. The average molecular weight is 343 g/mol. The Hall–Kier alpha value is -2.15. The van der Waals surface area contributed by atoms with Crippen LogP contribution < -0.4 is 0 Å². The Morgan fingerprint density at radius 3 is 2.83 bits per heavy atom. The van der Waals surface area contributed by atoms with Gasteiger partial charge >= 0.3 is 0 Å². The zero-order chi connectivity index (χ0) is 17.1. The van der Waals surface area contributed by atoms with Gasteiger partial charge < -0.3 is 9.09 Å². The minimum absolute atomic E-state index is 0.513. The average Bonchev–Trinajstić information content (AvgIpc) is 3.11. The molecular formula is C17H21N5OS. The number of benzene rings is 1. The van der Waals surface area contributed by atoms with Gasteiger partial charge in [-0.2, -0.15) is 4.98 Å². The van der Waals surface area contributed by atoms with Crippen molar-refractivity contribution in [2.45, 2.75) is 38.1 Å². The highest BCUT2D eigenvalue weighted by Gasteiger charge is 2.14. The molecule has 0 saturated carbocycles. The molecule has 0 aliphatic heterocycles. The maximum atomic E-state index is 5.29. The number of hydrogen-bond acceptors (Lipinski definition) is 6. The van der Waals surface area contributed by atoms with Crippen molar-refractivity contribution in [2.75, 3.05) is 0 Å². The topological polar surface area (TPSA) is 69.6 Å². The van der Waals surface area contributed by atoms with Crippen LogP contribution in [-0.4, -0.2) is 24.9 Å². The second-order valence-electron chi connectivity index (χ2n) is 6.23. The van der Waals surface area contributed by atoms with Crippen molar-refractivity contribution in [3.63, 3.8) is 0 Å². The summed E-state index contributed by atoms with van der Waals surface area (Å²) in [6.45, 7) is 6.34. The summed E-state index contributed by atoms with van der Waals surface area (Å²) in [7, 11) is 1.97. The van der Waals surface area contributed by atoms with Crippen molar-refractivity contribution in [1.29, 1.82) is 0 Å². The third-order valence-electron chi connectivity index (χ3n) is 3.54. The molecule has 0 unspecified atom stereocenters. The number of hydrogen-bond donors (Lipinski definition) is 0. The lowest BCUT2D eigenvalue weighted by atomic mass is 10.1. The first-order valence-electron chi connectivity index (χ1n) is 7.93. The fourth-order valence-corrected chi connectivity index (χ4v) is 3.15. The highest BCUT2D eigenvalue weighted by atomic mass is 32.2. The number of aromatic nitrogens is 5. The van der Waals surface area contributed by atoms with E-state index < -0.39 is 0 Å². The summed E-state index contributed by atoms with van der Waals surface area (Å²) in [6, 6.07) is 8.25. The lowest BCUT2D eigenvalue weighted by Crippen LogP contribution is -1.97. The fraction of sp³-hybridized carbons (Fsp3) is 0.412. The summed E-state index contributed by atoms with van der Waals surface area (Å²) in [5, 5.41) is 13.4. The minimum atomic E-state index is 0.513. The van der Waals surface area contributed by atoms with Crippen LogP contribution in [0.15, 0.2) is 33.9 Å². The van der Waals surface area contributed by atoms with Crippen LogP contribution in [-0.2, 0) is 19.2 Å². The van der Waals surface area contributed by atoms with Crippen molar-refractivity contribution < 1.29 is 4.52 Å². The van der Waals surface area contributed by atoms with Gasteiger partial charge in [0.25, 0.3) is 0 Å². The SMILES string of the molecule is Cc1cccc(-c2nnc(SCc3nc(CC(C)C)no3)n2C)c1. The number of rotatable bonds is 6. The Morgan fingerprint density at radius 1 is 1.25 bits per heavy atom. The first-order valence-corrected chi connectivity index (χ1v) is 8.92. The van der Waals surface area contributed by atoms with Gasteiger partial charge in [0.15, 0.2) is 16.8 Å². The molecule has 24 heavy (non-hydrogen) atoms. The van der Waals surface area contributed by atoms with E-state index in [1.54, 1.807) is 11.8 Å². The summed E-state index contributed by atoms with van der Waals surface area (Å²) < 4.78 is 7.29. The molecule has 0 radical (unpaired) electrons. The van der Waals surface area contributed by atoms with Gasteiger partial charge in [0.2, 0.25) is 5.89 Å². The van der Waals surface area contributed by atoms with E-state index in [0.29, 0.717) is 17.6 Å². The molecule has 6 nitrogen and oxygen atoms in total. The number of aryl methyl sites for hydroxylation is 1. The lowest BCUT2D eigenvalue weighted by Gasteiger charge is -2.03. The van der Waals surface area contributed by atoms with Crippen molar-refractivity contribution in [1.82, 2.24) is 24.9 Å². The van der Waals surface area contributed by atoms with Gasteiger partial charge in [0, 0.05) is 19.0 Å². The first-order chi connectivity index (χ1) is 11.5. The molecule has 2 aromatic heterocycles. The third-order valence-corrected chi connectivity index (χ3v) is 4.54. The van der Waals surface area contributed by atoms with Gasteiger partial charge in [-0.15, -0.1) is 10.2 Å². The summed E-state index contributed by atoms with van der Waals surface area (Å²) in [6.07, 6.45) is 0.829. The van der Waals surface area contributed by atoms with Crippen molar-refractivity contribution >= 4 is 11.8 Å². The van der Waals surface area contributed by atoms with E-state index in [1.807, 2.05) is 23.7 Å². The molecule has 7 heteroatoms. The van der Waals surface area contributed by atoms with Crippen molar-refractivity contribution in [3.8, 4) is 11.4 Å². The predicted octanol–water partition coefficient (Wildman–Crippen LogP) is 3.66. The first kappa shape index (κ1) is 16.7. The van der Waals surface area contributed by atoms with Crippen LogP contribution in [0.5, 0.6) is 0 Å². The lowest BCUT2D eigenvalue weighted by molar-refractivity contribution is 0.382. The van der Waals surface area contributed by atoms with Crippen molar-refractivity contribution in [3.05, 3.63) is 41.5 Å². The van der Waals surface area contributed by atoms with Crippen LogP contribution in [0.4, 0.5) is 0 Å². The van der Waals surface area contributed by atoms with Gasteiger partial charge in [-0.25, -0.2) is 0 Å². The molecular weight excluding hydrogens is 322 g/mol. The zero-order valence-corrected chi connectivity index (χ0v) is 15.2. The molecule has 1 aromatic carbocycles. The molecule has 0 fully saturated rings. The number of nitrogens with zero attached hydrogens (tertiary/aromatic N) is 5. The molecule has 0 amide bonds. The van der Waals surface area contributed by atoms with Crippen LogP contribution in [0, 0.1) is 12.8 Å². The van der Waals surface area contributed by atoms with Gasteiger partial charge in [-0.05, 0) is 18.9 Å². The fourth-order valence-electron chi connectivity index (χ4n) is 2.40. The van der Waals surface area contributed by atoms with Crippen LogP contribution in [0.1, 0.15) is 31.1 Å². The normalized spacial score (nSPS) is 11.4. The Balaban J connectivity index is 1.69. The zero-order valence-electron chi connectivity index (χ0n) is 14.4. The van der Waals surface area contributed by atoms with E-state index in [0.717, 1.165) is 28.8 Å². The monoisotopic (exact) mass is 343 g/mol. The molecule has 2 heterocycles. The van der Waals surface area contributed by atoms with Crippen LogP contribution in [0.25, 0.3) is 11.4 Å². The maximum Gasteiger partial charge on any atom is 0.237 e. The second-order valence-corrected chi connectivity index (χ2v) is 7.17. The van der Waals surface area contributed by atoms with Gasteiger partial charge in [-0.3, -0.25) is 0 Å². The molecule has 0 bridgehead atoms. The molecule has 0 aliphatic rings. The molecule has 3 aromatic rings. The smallest absolute Gasteiger partial charge is 0.237 e. The number of thioether (sulfide) groups is 1. The Bertz CT molecular complexity index is 824. The van der Waals surface area contributed by atoms with Gasteiger partial charge in [0.1, 0.15) is 0 Å². The summed E-state index contributed by atoms with van der Waals surface area (Å²) >= 11 is 1.55. The van der Waals surface area contributed by atoms with E-state index in [-0.39, 0.29) is 0 Å². The van der Waals surface area contributed by atoms with E-state index >= 15 is 0 Å². The quantitative estimate of drug-likeness (QED) is 0.636. The molecule has 3 rings (SSSR count). The van der Waals surface area contributed by atoms with Gasteiger partial charge in [0.05, 0.1) is 5.75 Å². The van der Waals surface area contributed by atoms with E-state index in [2.05, 4.69) is 53.2 Å². The van der Waals surface area contributed by atoms with E-state index in [1.165, 1.54) is 5.56 Å². The van der Waals surface area contributed by atoms with E-state index in [9.17, 15) is 0 Å². The van der Waals surface area contributed by atoms with Crippen LogP contribution >= 0.6 is 11.8 Å². The standard InChI is InChI=1S/C17H21N5OS/c1-11(2)8-14-18-15(23-21-14)10-24-17-20-19-16(22(17)4)13-7-5-6-12(3)9-13/h5-7,9,11H,8,10H2,1-4H3. The largest absolute Gasteiger partial charge is 0.338 e. The predicted molar refractivity (Wildman–Crippen MR) is 93.6 cm³/mol. The third kappa shape index (κ3) is 3.84. The highest BCUT2D eigenvalue weighted by Crippen LogP contribution is 2.25. The Kier molecular flexibility index (Phi) is 4.99. The summed E-state index contributed by atoms with van der Waals surface area (Å²) in [4.78, 5) is 4.42. The Morgan fingerprint density at radius 2 is 2.08 bits per heavy atom. The van der Waals surface area contributed by atoms with E-state index in [4.69, 9.17) is 4.52 Å². The van der Waals surface area contributed by atoms with Gasteiger partial charge in [-0.1, -0.05) is 54.5 Å². The van der Waals surface area contributed by atoms with Crippen molar-refractivity contribution in [2.24, 2.45) is 13.0 Å². The maximum absolute atomic E-state index is 5.29. The highest BCUT2D eigenvalue weighted by molar-refractivity contribution is 7.98.